The molecule has 164 valence electrons. The number of rotatable bonds is 10. The Morgan fingerprint density at radius 2 is 1.65 bits per heavy atom. The van der Waals surface area contributed by atoms with E-state index in [0.29, 0.717) is 28.4 Å². The molecule has 0 saturated carbocycles. The lowest BCUT2D eigenvalue weighted by molar-refractivity contribution is -0.147. The van der Waals surface area contributed by atoms with Gasteiger partial charge in [-0.2, -0.15) is 0 Å². The van der Waals surface area contributed by atoms with Gasteiger partial charge in [0.15, 0.2) is 12.4 Å². The molecule has 2 aromatic rings. The van der Waals surface area contributed by atoms with Crippen LogP contribution in [0.1, 0.15) is 30.1 Å². The zero-order chi connectivity index (χ0) is 22.8. The first-order chi connectivity index (χ1) is 14.8. The van der Waals surface area contributed by atoms with Crippen molar-refractivity contribution in [3.8, 4) is 11.5 Å². The third-order valence-electron chi connectivity index (χ3n) is 4.15. The Hall–Kier alpha value is -3.88. The lowest BCUT2D eigenvalue weighted by atomic mass is 10.1. The van der Waals surface area contributed by atoms with E-state index in [2.05, 4.69) is 10.6 Å². The number of esters is 1. The number of carbonyl (C=O) groups excluding carboxylic acids is 4. The molecule has 0 bridgehead atoms. The van der Waals surface area contributed by atoms with Crippen LogP contribution in [0.25, 0.3) is 0 Å². The van der Waals surface area contributed by atoms with Gasteiger partial charge < -0.3 is 24.8 Å². The van der Waals surface area contributed by atoms with Crippen molar-refractivity contribution >= 4 is 34.9 Å². The Balaban J connectivity index is 1.78. The third kappa shape index (κ3) is 7.46. The second kappa shape index (κ2) is 11.3. The molecule has 0 atom stereocenters. The van der Waals surface area contributed by atoms with E-state index in [0.717, 1.165) is 0 Å². The number of hydrogen-bond donors (Lipinski definition) is 2. The van der Waals surface area contributed by atoms with E-state index in [9.17, 15) is 19.2 Å². The zero-order valence-corrected chi connectivity index (χ0v) is 17.5. The second-order valence-electron chi connectivity index (χ2n) is 6.46. The van der Waals surface area contributed by atoms with Crippen LogP contribution in [0.4, 0.5) is 11.4 Å². The molecule has 0 aliphatic rings. The summed E-state index contributed by atoms with van der Waals surface area (Å²) in [6.45, 7) is 0.916. The Bertz CT molecular complexity index is 972. The molecule has 9 heteroatoms. The summed E-state index contributed by atoms with van der Waals surface area (Å²) in [5.41, 5.74) is 1.30. The van der Waals surface area contributed by atoms with Gasteiger partial charge in [-0.15, -0.1) is 0 Å². The van der Waals surface area contributed by atoms with Gasteiger partial charge in [0.2, 0.25) is 5.91 Å². The average molecular weight is 428 g/mol. The Kier molecular flexibility index (Phi) is 8.56. The number of benzene rings is 2. The predicted molar refractivity (Wildman–Crippen MR) is 113 cm³/mol. The van der Waals surface area contributed by atoms with Gasteiger partial charge in [-0.25, -0.2) is 0 Å². The number of hydrogen-bond acceptors (Lipinski definition) is 7. The van der Waals surface area contributed by atoms with Crippen LogP contribution < -0.4 is 20.1 Å². The number of ketones is 1. The lowest BCUT2D eigenvalue weighted by Gasteiger charge is -2.12. The highest BCUT2D eigenvalue weighted by atomic mass is 16.5. The zero-order valence-electron chi connectivity index (χ0n) is 17.5. The quantitative estimate of drug-likeness (QED) is 0.441. The summed E-state index contributed by atoms with van der Waals surface area (Å²) in [6, 6.07) is 11.4. The van der Waals surface area contributed by atoms with Crippen LogP contribution in [0.3, 0.4) is 0 Å². The molecular formula is C22H24N2O7. The minimum Gasteiger partial charge on any atom is -0.497 e. The van der Waals surface area contributed by atoms with Crippen molar-refractivity contribution in [3.05, 3.63) is 48.0 Å². The number of methoxy groups -OCH3 is 2. The fourth-order valence-corrected chi connectivity index (χ4v) is 2.57. The molecule has 9 nitrogen and oxygen atoms in total. The molecule has 2 aromatic carbocycles. The van der Waals surface area contributed by atoms with Gasteiger partial charge in [0.05, 0.1) is 26.3 Å². The highest BCUT2D eigenvalue weighted by Crippen LogP contribution is 2.28. The first kappa shape index (κ1) is 23.4. The number of Topliss-reactive ketones (excluding diaryl/α,β-unsaturated/α-hetero) is 1. The molecule has 0 aliphatic carbocycles. The summed E-state index contributed by atoms with van der Waals surface area (Å²) in [4.78, 5) is 47.3. The van der Waals surface area contributed by atoms with E-state index < -0.39 is 24.4 Å². The van der Waals surface area contributed by atoms with Gasteiger partial charge >= 0.3 is 5.97 Å². The van der Waals surface area contributed by atoms with Crippen molar-refractivity contribution in [2.24, 2.45) is 0 Å². The standard InChI is InChI=1S/C22H24N2O7/c1-14(25)15-5-4-6-16(11-15)23-20(26)9-10-22(28)31-13-21(27)24-18-12-17(29-2)7-8-19(18)30-3/h4-8,11-12H,9-10,13H2,1-3H3,(H,23,26)(H,24,27). The SMILES string of the molecule is COc1ccc(OC)c(NC(=O)COC(=O)CCC(=O)Nc2cccc(C(C)=O)c2)c1. The number of nitrogens with one attached hydrogen (secondary N) is 2. The summed E-state index contributed by atoms with van der Waals surface area (Å²) in [6.07, 6.45) is -0.331. The van der Waals surface area contributed by atoms with Crippen LogP contribution in [-0.2, 0) is 19.1 Å². The molecule has 0 aliphatic heterocycles. The van der Waals surface area contributed by atoms with Crippen molar-refractivity contribution in [3.63, 3.8) is 0 Å². The maximum atomic E-state index is 12.1. The summed E-state index contributed by atoms with van der Waals surface area (Å²) >= 11 is 0. The minimum atomic E-state index is -0.694. The van der Waals surface area contributed by atoms with Crippen LogP contribution in [0, 0.1) is 0 Å². The summed E-state index contributed by atoms with van der Waals surface area (Å²) in [7, 11) is 2.95. The number of carbonyl (C=O) groups is 4. The topological polar surface area (TPSA) is 120 Å². The Morgan fingerprint density at radius 1 is 0.871 bits per heavy atom. The Labute approximate surface area is 179 Å². The van der Waals surface area contributed by atoms with Gasteiger partial charge in [-0.3, -0.25) is 19.2 Å². The lowest BCUT2D eigenvalue weighted by Crippen LogP contribution is -2.22. The molecule has 0 heterocycles. The van der Waals surface area contributed by atoms with Crippen molar-refractivity contribution in [1.82, 2.24) is 0 Å². The molecule has 31 heavy (non-hydrogen) atoms. The summed E-state index contributed by atoms with van der Waals surface area (Å²) in [5.74, 6) is -0.850. The van der Waals surface area contributed by atoms with Gasteiger partial charge in [-0.05, 0) is 31.2 Å². The summed E-state index contributed by atoms with van der Waals surface area (Å²) < 4.78 is 15.2. The largest absolute Gasteiger partial charge is 0.497 e. The molecule has 0 spiro atoms. The maximum absolute atomic E-state index is 12.1. The molecular weight excluding hydrogens is 404 g/mol. The van der Waals surface area contributed by atoms with E-state index in [1.807, 2.05) is 0 Å². The van der Waals surface area contributed by atoms with Crippen LogP contribution in [0.5, 0.6) is 11.5 Å². The normalized spacial score (nSPS) is 10.0. The third-order valence-corrected chi connectivity index (χ3v) is 4.15. The van der Waals surface area contributed by atoms with Crippen molar-refractivity contribution in [2.75, 3.05) is 31.5 Å². The van der Waals surface area contributed by atoms with Gasteiger partial charge in [-0.1, -0.05) is 12.1 Å². The van der Waals surface area contributed by atoms with Crippen LogP contribution in [-0.4, -0.2) is 44.4 Å². The maximum Gasteiger partial charge on any atom is 0.306 e. The molecule has 2 amide bonds. The van der Waals surface area contributed by atoms with Crippen molar-refractivity contribution in [2.45, 2.75) is 19.8 Å². The smallest absolute Gasteiger partial charge is 0.306 e. The first-order valence-corrected chi connectivity index (χ1v) is 9.40. The molecule has 0 radical (unpaired) electrons. The highest BCUT2D eigenvalue weighted by Gasteiger charge is 2.13. The van der Waals surface area contributed by atoms with Crippen LogP contribution in [0.15, 0.2) is 42.5 Å². The number of anilines is 2. The van der Waals surface area contributed by atoms with Crippen molar-refractivity contribution in [1.29, 1.82) is 0 Å². The van der Waals surface area contributed by atoms with Gasteiger partial charge in [0.1, 0.15) is 11.5 Å². The molecule has 2 N–H and O–H groups in total. The second-order valence-corrected chi connectivity index (χ2v) is 6.46. The Morgan fingerprint density at radius 3 is 2.32 bits per heavy atom. The van der Waals surface area contributed by atoms with E-state index >= 15 is 0 Å². The van der Waals surface area contributed by atoms with Gasteiger partial charge in [0.25, 0.3) is 5.91 Å². The molecule has 0 aromatic heterocycles. The molecule has 0 saturated heterocycles. The van der Waals surface area contributed by atoms with E-state index in [4.69, 9.17) is 14.2 Å². The summed E-state index contributed by atoms with van der Waals surface area (Å²) in [5, 5.41) is 5.19. The molecule has 2 rings (SSSR count). The van der Waals surface area contributed by atoms with Crippen molar-refractivity contribution < 1.29 is 33.4 Å². The van der Waals surface area contributed by atoms with E-state index in [1.165, 1.54) is 21.1 Å². The van der Waals surface area contributed by atoms with Gasteiger partial charge in [0, 0.05) is 23.7 Å². The first-order valence-electron chi connectivity index (χ1n) is 9.40. The predicted octanol–water partition coefficient (Wildman–Crippen LogP) is 2.81. The number of amides is 2. The molecule has 0 unspecified atom stereocenters. The highest BCUT2D eigenvalue weighted by molar-refractivity contribution is 5.98. The monoisotopic (exact) mass is 428 g/mol. The fraction of sp³-hybridized carbons (Fsp3) is 0.273. The fourth-order valence-electron chi connectivity index (χ4n) is 2.57. The number of ether oxygens (including phenoxy) is 3. The van der Waals surface area contributed by atoms with Crippen LogP contribution in [0.2, 0.25) is 0 Å². The van der Waals surface area contributed by atoms with E-state index in [-0.39, 0.29) is 18.6 Å². The van der Waals surface area contributed by atoms with E-state index in [1.54, 1.807) is 42.5 Å². The van der Waals surface area contributed by atoms with Crippen LogP contribution >= 0.6 is 0 Å². The minimum absolute atomic E-state index is 0.121. The molecule has 0 fully saturated rings. The average Bonchev–Trinajstić information content (AvgIpc) is 2.76.